The van der Waals surface area contributed by atoms with E-state index in [9.17, 15) is 9.50 Å². The fourth-order valence-corrected chi connectivity index (χ4v) is 2.67. The van der Waals surface area contributed by atoms with Crippen LogP contribution >= 0.6 is 39.1 Å². The summed E-state index contributed by atoms with van der Waals surface area (Å²) in [6.45, 7) is 1.62. The lowest BCUT2D eigenvalue weighted by Crippen LogP contribution is -1.93. The van der Waals surface area contributed by atoms with E-state index in [1.54, 1.807) is 25.1 Å². The number of ether oxygens (including phenoxy) is 1. The topological polar surface area (TPSA) is 29.5 Å². The molecule has 1 N–H and O–H groups in total. The van der Waals surface area contributed by atoms with Gasteiger partial charge in [0.05, 0.1) is 20.6 Å². The summed E-state index contributed by atoms with van der Waals surface area (Å²) in [5.41, 5.74) is 0.598. The molecule has 2 nitrogen and oxygen atoms in total. The minimum atomic E-state index is -0.670. The molecule has 0 aliphatic heterocycles. The van der Waals surface area contributed by atoms with E-state index < -0.39 is 11.9 Å². The highest BCUT2D eigenvalue weighted by Crippen LogP contribution is 2.35. The monoisotopic (exact) mass is 378 g/mol. The smallest absolute Gasteiger partial charge is 0.145 e. The molecule has 0 spiro atoms. The van der Waals surface area contributed by atoms with Gasteiger partial charge in [0.25, 0.3) is 0 Å². The first-order valence-electron chi connectivity index (χ1n) is 5.68. The Hall–Kier alpha value is -0.810. The van der Waals surface area contributed by atoms with Crippen molar-refractivity contribution in [2.24, 2.45) is 0 Å². The van der Waals surface area contributed by atoms with Crippen LogP contribution in [0.4, 0.5) is 4.39 Å². The third kappa shape index (κ3) is 3.44. The van der Waals surface area contributed by atoms with Gasteiger partial charge in [-0.2, -0.15) is 0 Å². The van der Waals surface area contributed by atoms with Gasteiger partial charge in [-0.3, -0.25) is 0 Å². The van der Waals surface area contributed by atoms with Crippen LogP contribution in [-0.2, 0) is 0 Å². The van der Waals surface area contributed by atoms with Crippen LogP contribution in [0.15, 0.2) is 34.8 Å². The molecule has 0 bridgehead atoms. The Labute approximate surface area is 134 Å². The molecule has 6 heteroatoms. The van der Waals surface area contributed by atoms with Gasteiger partial charge >= 0.3 is 0 Å². The van der Waals surface area contributed by atoms with Gasteiger partial charge in [0.1, 0.15) is 17.3 Å². The summed E-state index contributed by atoms with van der Waals surface area (Å²) in [5, 5.41) is 9.88. The number of hydrogen-bond acceptors (Lipinski definition) is 2. The minimum absolute atomic E-state index is 0.00621. The number of aliphatic hydroxyl groups excluding tert-OH is 1. The van der Waals surface area contributed by atoms with Crippen molar-refractivity contribution in [2.45, 2.75) is 13.0 Å². The predicted octanol–water partition coefficient (Wildman–Crippen LogP) is 5.74. The fraction of sp³-hybridized carbons (Fsp3) is 0.143. The van der Waals surface area contributed by atoms with Crippen LogP contribution < -0.4 is 4.74 Å². The molecule has 0 heterocycles. The standard InChI is InChI=1S/C14H10BrCl2FO2/c1-7(19)9-3-2-8(4-11(9)16)20-14-6-13(18)12(17)5-10(14)15/h2-7,19H,1H3. The Kier molecular flexibility index (Phi) is 4.91. The predicted molar refractivity (Wildman–Crippen MR) is 81.3 cm³/mol. The number of hydrogen-bond donors (Lipinski definition) is 1. The van der Waals surface area contributed by atoms with Crippen LogP contribution in [0.25, 0.3) is 0 Å². The molecule has 0 fully saturated rings. The summed E-state index contributed by atoms with van der Waals surface area (Å²) < 4.78 is 19.5. The molecule has 0 aliphatic rings. The molecule has 1 unspecified atom stereocenters. The summed E-state index contributed by atoms with van der Waals surface area (Å²) in [7, 11) is 0. The summed E-state index contributed by atoms with van der Waals surface area (Å²) in [4.78, 5) is 0. The van der Waals surface area contributed by atoms with Crippen molar-refractivity contribution >= 4 is 39.1 Å². The zero-order valence-corrected chi connectivity index (χ0v) is 13.4. The number of aliphatic hydroxyl groups is 1. The van der Waals surface area contributed by atoms with E-state index in [4.69, 9.17) is 27.9 Å². The van der Waals surface area contributed by atoms with Gasteiger partial charge in [0, 0.05) is 6.07 Å². The van der Waals surface area contributed by atoms with Crippen molar-refractivity contribution in [2.75, 3.05) is 0 Å². The number of halogens is 4. The lowest BCUT2D eigenvalue weighted by atomic mass is 10.1. The highest BCUT2D eigenvalue weighted by Gasteiger charge is 2.11. The molecule has 0 aromatic heterocycles. The molecule has 2 aromatic rings. The van der Waals surface area contributed by atoms with Gasteiger partial charge in [0.15, 0.2) is 0 Å². The van der Waals surface area contributed by atoms with Gasteiger partial charge in [0.2, 0.25) is 0 Å². The van der Waals surface area contributed by atoms with Crippen molar-refractivity contribution in [1.29, 1.82) is 0 Å². The largest absolute Gasteiger partial charge is 0.456 e. The third-order valence-electron chi connectivity index (χ3n) is 2.62. The van der Waals surface area contributed by atoms with E-state index in [1.807, 2.05) is 0 Å². The Morgan fingerprint density at radius 3 is 2.50 bits per heavy atom. The lowest BCUT2D eigenvalue weighted by molar-refractivity contribution is 0.199. The molecule has 1 atom stereocenters. The number of rotatable bonds is 3. The molecule has 0 amide bonds. The van der Waals surface area contributed by atoms with E-state index in [2.05, 4.69) is 15.9 Å². The molecule has 0 aliphatic carbocycles. The molecule has 106 valence electrons. The second-order valence-electron chi connectivity index (χ2n) is 4.16. The highest BCUT2D eigenvalue weighted by atomic mass is 79.9. The second-order valence-corrected chi connectivity index (χ2v) is 5.83. The van der Waals surface area contributed by atoms with Gasteiger partial charge in [-0.05, 0) is 46.6 Å². The zero-order valence-electron chi connectivity index (χ0n) is 10.3. The molecule has 0 saturated heterocycles. The summed E-state index contributed by atoms with van der Waals surface area (Å²) in [6.07, 6.45) is -0.670. The fourth-order valence-electron chi connectivity index (χ4n) is 1.62. The van der Waals surface area contributed by atoms with Crippen LogP contribution in [0.2, 0.25) is 10.0 Å². The summed E-state index contributed by atoms with van der Waals surface area (Å²) >= 11 is 14.9. The van der Waals surface area contributed by atoms with E-state index in [0.29, 0.717) is 20.8 Å². The average Bonchev–Trinajstić information content (AvgIpc) is 2.35. The first-order chi connectivity index (χ1) is 9.38. The molecule has 2 aromatic carbocycles. The maximum absolute atomic E-state index is 13.4. The van der Waals surface area contributed by atoms with Gasteiger partial charge in [-0.1, -0.05) is 29.3 Å². The normalized spacial score (nSPS) is 12.3. The first kappa shape index (κ1) is 15.6. The van der Waals surface area contributed by atoms with E-state index in [-0.39, 0.29) is 10.8 Å². The van der Waals surface area contributed by atoms with E-state index in [0.717, 1.165) is 0 Å². The first-order valence-corrected chi connectivity index (χ1v) is 7.23. The molecule has 20 heavy (non-hydrogen) atoms. The Morgan fingerprint density at radius 1 is 1.20 bits per heavy atom. The Bertz CT molecular complexity index is 647. The highest BCUT2D eigenvalue weighted by molar-refractivity contribution is 9.10. The van der Waals surface area contributed by atoms with E-state index in [1.165, 1.54) is 12.1 Å². The maximum Gasteiger partial charge on any atom is 0.145 e. The van der Waals surface area contributed by atoms with Crippen molar-refractivity contribution in [3.63, 3.8) is 0 Å². The molecule has 0 saturated carbocycles. The SMILES string of the molecule is CC(O)c1ccc(Oc2cc(F)c(Cl)cc2Br)cc1Cl. The van der Waals surface area contributed by atoms with Crippen LogP contribution in [-0.4, -0.2) is 5.11 Å². The molecular formula is C14H10BrCl2FO2. The molecule has 0 radical (unpaired) electrons. The quantitative estimate of drug-likeness (QED) is 0.689. The van der Waals surface area contributed by atoms with Crippen molar-refractivity contribution in [1.82, 2.24) is 0 Å². The van der Waals surface area contributed by atoms with Crippen LogP contribution in [0.3, 0.4) is 0 Å². The maximum atomic E-state index is 13.4. The molecule has 2 rings (SSSR count). The minimum Gasteiger partial charge on any atom is -0.456 e. The van der Waals surface area contributed by atoms with Gasteiger partial charge in [-0.25, -0.2) is 4.39 Å². The summed E-state index contributed by atoms with van der Waals surface area (Å²) in [6, 6.07) is 7.46. The molecular weight excluding hydrogens is 370 g/mol. The average molecular weight is 380 g/mol. The van der Waals surface area contributed by atoms with Crippen molar-refractivity contribution in [3.05, 3.63) is 56.2 Å². The lowest BCUT2D eigenvalue weighted by Gasteiger charge is -2.12. The van der Waals surface area contributed by atoms with Crippen LogP contribution in [0, 0.1) is 5.82 Å². The third-order valence-corrected chi connectivity index (χ3v) is 3.86. The summed E-state index contributed by atoms with van der Waals surface area (Å²) in [5.74, 6) is 0.145. The Morgan fingerprint density at radius 2 is 1.90 bits per heavy atom. The van der Waals surface area contributed by atoms with E-state index >= 15 is 0 Å². The van der Waals surface area contributed by atoms with Gasteiger partial charge < -0.3 is 9.84 Å². The van der Waals surface area contributed by atoms with Crippen molar-refractivity contribution < 1.29 is 14.2 Å². The second kappa shape index (κ2) is 6.31. The van der Waals surface area contributed by atoms with Crippen LogP contribution in [0.5, 0.6) is 11.5 Å². The number of benzene rings is 2. The van der Waals surface area contributed by atoms with Gasteiger partial charge in [-0.15, -0.1) is 0 Å². The zero-order chi connectivity index (χ0) is 14.9. The Balaban J connectivity index is 2.31. The van der Waals surface area contributed by atoms with Crippen molar-refractivity contribution in [3.8, 4) is 11.5 Å². The van der Waals surface area contributed by atoms with Crippen LogP contribution in [0.1, 0.15) is 18.6 Å².